The molecule has 0 aliphatic carbocycles. The van der Waals surface area contributed by atoms with Crippen molar-refractivity contribution in [3.05, 3.63) is 0 Å². The third-order valence-electron chi connectivity index (χ3n) is 0.843. The Hall–Kier alpha value is -0.170. The van der Waals surface area contributed by atoms with Crippen molar-refractivity contribution in [2.45, 2.75) is 0 Å². The van der Waals surface area contributed by atoms with E-state index in [1.54, 1.807) is 4.90 Å². The summed E-state index contributed by atoms with van der Waals surface area (Å²) in [4.78, 5) is 1.80. The number of hydrogen-bond donors (Lipinski definition) is 2. The first-order valence-corrected chi connectivity index (χ1v) is 4.22. The van der Waals surface area contributed by atoms with Gasteiger partial charge in [-0.2, -0.15) is 13.1 Å². The molecule has 0 saturated heterocycles. The molecule has 0 fully saturated rings. The molecule has 0 heterocycles. The van der Waals surface area contributed by atoms with Crippen LogP contribution in [0, 0.1) is 0 Å². The van der Waals surface area contributed by atoms with Gasteiger partial charge in [0.15, 0.2) is 0 Å². The zero-order valence-corrected chi connectivity index (χ0v) is 6.85. The topological polar surface area (TPSA) is 69.6 Å². The highest BCUT2D eigenvalue weighted by atomic mass is 32.2. The number of likely N-dealkylation sites (N-methyl/N-ethyl adjacent to an activating group) is 1. The van der Waals surface area contributed by atoms with Crippen LogP contribution in [0.2, 0.25) is 0 Å². The van der Waals surface area contributed by atoms with Crippen molar-refractivity contribution >= 4 is 10.3 Å². The summed E-state index contributed by atoms with van der Waals surface area (Å²) in [6, 6.07) is 0. The van der Waals surface area contributed by atoms with Crippen molar-refractivity contribution in [3.8, 4) is 0 Å². The lowest BCUT2D eigenvalue weighted by molar-refractivity contribution is 0.404. The molecule has 62 valence electrons. The molecule has 0 aromatic rings. The van der Waals surface area contributed by atoms with Gasteiger partial charge in [0.05, 0.1) is 0 Å². The van der Waals surface area contributed by atoms with Crippen LogP contribution >= 0.6 is 0 Å². The first kappa shape index (κ1) is 9.83. The summed E-state index contributed by atoms with van der Waals surface area (Å²) < 4.78 is 30.2. The van der Waals surface area contributed by atoms with Gasteiger partial charge in [0.1, 0.15) is 0 Å². The predicted molar refractivity (Wildman–Crippen MR) is 38.1 cm³/mol. The maximum atomic E-state index is 10.0. The fourth-order valence-corrected chi connectivity index (χ4v) is 0.747. The number of rotatable bonds is 4. The van der Waals surface area contributed by atoms with Crippen LogP contribution in [0.25, 0.3) is 0 Å². The van der Waals surface area contributed by atoms with E-state index < -0.39 is 10.3 Å². The molecule has 0 aliphatic rings. The van der Waals surface area contributed by atoms with Crippen LogP contribution in [-0.2, 0) is 10.3 Å². The van der Waals surface area contributed by atoms with Crippen LogP contribution in [0.5, 0.6) is 0 Å². The van der Waals surface area contributed by atoms with Crippen molar-refractivity contribution in [1.29, 1.82) is 0 Å². The Balaban J connectivity index is 3.39. The fourth-order valence-electron chi connectivity index (χ4n) is 0.398. The van der Waals surface area contributed by atoms with Gasteiger partial charge in [0.25, 0.3) is 0 Å². The third-order valence-corrected chi connectivity index (χ3v) is 1.41. The van der Waals surface area contributed by atoms with E-state index in [0.29, 0.717) is 6.54 Å². The average Bonchev–Trinajstić information content (AvgIpc) is 1.59. The van der Waals surface area contributed by atoms with E-state index in [2.05, 4.69) is 0 Å². The summed E-state index contributed by atoms with van der Waals surface area (Å²) in [6.07, 6.45) is 0. The van der Waals surface area contributed by atoms with Crippen LogP contribution in [0.15, 0.2) is 0 Å². The van der Waals surface area contributed by atoms with Crippen LogP contribution in [0.3, 0.4) is 0 Å². The van der Waals surface area contributed by atoms with Crippen LogP contribution in [0.4, 0.5) is 0 Å². The summed E-state index contributed by atoms with van der Waals surface area (Å²) in [7, 11) is -0.374. The minimum atomic E-state index is -4.00. The molecule has 0 atom stereocenters. The van der Waals surface area contributed by atoms with E-state index in [-0.39, 0.29) is 6.54 Å². The molecule has 0 aromatic carbocycles. The molecular formula is C4H12N2O3S. The predicted octanol–water partition coefficient (Wildman–Crippen LogP) is -1.06. The van der Waals surface area contributed by atoms with E-state index in [1.807, 2.05) is 18.8 Å². The summed E-state index contributed by atoms with van der Waals surface area (Å²) in [6.45, 7) is 0.797. The molecule has 0 unspecified atom stereocenters. The molecule has 0 radical (unpaired) electrons. The Bertz CT molecular complexity index is 175. The van der Waals surface area contributed by atoms with E-state index >= 15 is 0 Å². The molecule has 10 heavy (non-hydrogen) atoms. The summed E-state index contributed by atoms with van der Waals surface area (Å²) >= 11 is 0. The highest BCUT2D eigenvalue weighted by molar-refractivity contribution is 7.83. The minimum Gasteiger partial charge on any atom is -0.308 e. The molecule has 0 amide bonds. The Morgan fingerprint density at radius 3 is 2.30 bits per heavy atom. The van der Waals surface area contributed by atoms with E-state index in [4.69, 9.17) is 4.55 Å². The third kappa shape index (κ3) is 7.83. The van der Waals surface area contributed by atoms with Gasteiger partial charge in [-0.3, -0.25) is 4.55 Å². The molecular weight excluding hydrogens is 156 g/mol. The molecule has 0 saturated carbocycles. The second-order valence-electron chi connectivity index (χ2n) is 2.17. The number of hydrogen-bond acceptors (Lipinski definition) is 3. The SMILES string of the molecule is CN(C)CCNS(=O)(=O)O. The molecule has 5 nitrogen and oxygen atoms in total. The van der Waals surface area contributed by atoms with E-state index in [1.165, 1.54) is 0 Å². The Kier molecular flexibility index (Phi) is 3.80. The van der Waals surface area contributed by atoms with Gasteiger partial charge >= 0.3 is 10.3 Å². The van der Waals surface area contributed by atoms with Crippen LogP contribution in [-0.4, -0.2) is 45.1 Å². The highest BCUT2D eigenvalue weighted by Gasteiger charge is 2.00. The molecule has 0 rings (SSSR count). The Labute approximate surface area is 60.9 Å². The van der Waals surface area contributed by atoms with Gasteiger partial charge < -0.3 is 4.90 Å². The number of nitrogens with one attached hydrogen (secondary N) is 1. The fraction of sp³-hybridized carbons (Fsp3) is 1.00. The van der Waals surface area contributed by atoms with Gasteiger partial charge in [-0.25, -0.2) is 0 Å². The lowest BCUT2D eigenvalue weighted by atomic mass is 10.6. The Morgan fingerprint density at radius 2 is 2.00 bits per heavy atom. The van der Waals surface area contributed by atoms with Gasteiger partial charge in [0.2, 0.25) is 0 Å². The standard InChI is InChI=1S/C4H12N2O3S/c1-6(2)4-3-5-10(7,8)9/h5H,3-4H2,1-2H3,(H,7,8,9). The van der Waals surface area contributed by atoms with Crippen molar-refractivity contribution in [2.24, 2.45) is 0 Å². The smallest absolute Gasteiger partial charge is 0.308 e. The lowest BCUT2D eigenvalue weighted by Crippen LogP contribution is -2.30. The summed E-state index contributed by atoms with van der Waals surface area (Å²) in [5, 5.41) is 0. The molecule has 0 spiro atoms. The molecule has 0 aromatic heterocycles. The van der Waals surface area contributed by atoms with Crippen LogP contribution < -0.4 is 4.72 Å². The van der Waals surface area contributed by atoms with Gasteiger partial charge in [0, 0.05) is 13.1 Å². The number of nitrogens with zero attached hydrogens (tertiary/aromatic N) is 1. The average molecular weight is 168 g/mol. The van der Waals surface area contributed by atoms with E-state index in [0.717, 1.165) is 0 Å². The second kappa shape index (κ2) is 3.87. The zero-order chi connectivity index (χ0) is 8.20. The second-order valence-corrected chi connectivity index (χ2v) is 3.41. The molecule has 2 N–H and O–H groups in total. The molecule has 0 bridgehead atoms. The maximum Gasteiger partial charge on any atom is 0.333 e. The largest absolute Gasteiger partial charge is 0.333 e. The molecule has 0 aliphatic heterocycles. The van der Waals surface area contributed by atoms with E-state index in [9.17, 15) is 8.42 Å². The monoisotopic (exact) mass is 168 g/mol. The van der Waals surface area contributed by atoms with Gasteiger partial charge in [-0.05, 0) is 14.1 Å². The highest BCUT2D eigenvalue weighted by Crippen LogP contribution is 1.74. The zero-order valence-electron chi connectivity index (χ0n) is 6.03. The molecule has 6 heteroatoms. The van der Waals surface area contributed by atoms with Crippen molar-refractivity contribution in [3.63, 3.8) is 0 Å². The lowest BCUT2D eigenvalue weighted by Gasteiger charge is -2.07. The van der Waals surface area contributed by atoms with Crippen molar-refractivity contribution < 1.29 is 13.0 Å². The summed E-state index contributed by atoms with van der Waals surface area (Å²) in [5.41, 5.74) is 0. The normalized spacial score (nSPS) is 12.4. The Morgan fingerprint density at radius 1 is 1.50 bits per heavy atom. The maximum absolute atomic E-state index is 10.0. The first-order valence-electron chi connectivity index (χ1n) is 2.78. The van der Waals surface area contributed by atoms with Crippen molar-refractivity contribution in [1.82, 2.24) is 9.62 Å². The van der Waals surface area contributed by atoms with Crippen LogP contribution in [0.1, 0.15) is 0 Å². The van der Waals surface area contributed by atoms with Gasteiger partial charge in [-0.1, -0.05) is 0 Å². The van der Waals surface area contributed by atoms with Crippen molar-refractivity contribution in [2.75, 3.05) is 27.2 Å². The quantitative estimate of drug-likeness (QED) is 0.525. The van der Waals surface area contributed by atoms with Gasteiger partial charge in [-0.15, -0.1) is 0 Å². The first-order chi connectivity index (χ1) is 4.42. The summed E-state index contributed by atoms with van der Waals surface area (Å²) in [5.74, 6) is 0. The minimum absolute atomic E-state index is 0.228.